The SMILES string of the molecule is CCCCC(=O)Nc1c(NCc2ccc(-c3ccccc3C#N)cc2)ncc(Br)c1C. The van der Waals surface area contributed by atoms with Gasteiger partial charge in [-0.25, -0.2) is 4.98 Å². The molecule has 0 unspecified atom stereocenters. The molecule has 158 valence electrons. The lowest BCUT2D eigenvalue weighted by atomic mass is 9.99. The summed E-state index contributed by atoms with van der Waals surface area (Å²) in [6.45, 7) is 4.58. The molecule has 6 heteroatoms. The third-order valence-electron chi connectivity index (χ3n) is 5.07. The van der Waals surface area contributed by atoms with E-state index in [1.54, 1.807) is 6.20 Å². The first-order valence-electron chi connectivity index (χ1n) is 10.3. The molecule has 0 atom stereocenters. The fourth-order valence-corrected chi connectivity index (χ4v) is 3.53. The van der Waals surface area contributed by atoms with Crippen molar-refractivity contribution in [2.45, 2.75) is 39.7 Å². The summed E-state index contributed by atoms with van der Waals surface area (Å²) in [6.07, 6.45) is 4.06. The average Bonchev–Trinajstić information content (AvgIpc) is 2.80. The molecule has 1 aromatic heterocycles. The van der Waals surface area contributed by atoms with Crippen LogP contribution in [0.4, 0.5) is 11.5 Å². The number of pyridine rings is 1. The Kier molecular flexibility index (Phi) is 7.80. The second-order valence-corrected chi connectivity index (χ2v) is 8.17. The number of nitrogens with one attached hydrogen (secondary N) is 2. The Bertz CT molecular complexity index is 1100. The number of nitriles is 1. The van der Waals surface area contributed by atoms with Gasteiger partial charge in [-0.1, -0.05) is 55.8 Å². The summed E-state index contributed by atoms with van der Waals surface area (Å²) >= 11 is 3.50. The zero-order chi connectivity index (χ0) is 22.2. The van der Waals surface area contributed by atoms with Gasteiger partial charge in [0.15, 0.2) is 0 Å². The highest BCUT2D eigenvalue weighted by Gasteiger charge is 2.13. The molecular formula is C25H25BrN4O. The fourth-order valence-electron chi connectivity index (χ4n) is 3.23. The van der Waals surface area contributed by atoms with E-state index in [4.69, 9.17) is 0 Å². The van der Waals surface area contributed by atoms with Gasteiger partial charge in [0.05, 0.1) is 17.3 Å². The monoisotopic (exact) mass is 476 g/mol. The van der Waals surface area contributed by atoms with Crippen LogP contribution in [0.2, 0.25) is 0 Å². The molecular weight excluding hydrogens is 452 g/mol. The zero-order valence-electron chi connectivity index (χ0n) is 17.7. The number of unbranched alkanes of at least 4 members (excludes halogenated alkanes) is 1. The standard InChI is InChI=1S/C25H25BrN4O/c1-3-4-9-23(31)30-24-17(2)22(26)16-29-25(24)28-15-18-10-12-19(13-11-18)21-8-6-5-7-20(21)14-27/h5-8,10-13,16H,3-4,9,15H2,1-2H3,(H,28,29)(H,30,31). The molecule has 3 rings (SSSR count). The highest BCUT2D eigenvalue weighted by Crippen LogP contribution is 2.30. The third-order valence-corrected chi connectivity index (χ3v) is 5.87. The minimum Gasteiger partial charge on any atom is -0.364 e. The van der Waals surface area contributed by atoms with Crippen LogP contribution in [0.1, 0.15) is 42.9 Å². The molecule has 31 heavy (non-hydrogen) atoms. The molecule has 0 radical (unpaired) electrons. The van der Waals surface area contributed by atoms with E-state index in [1.807, 2.05) is 55.5 Å². The molecule has 2 N–H and O–H groups in total. The highest BCUT2D eigenvalue weighted by atomic mass is 79.9. The number of rotatable bonds is 8. The number of anilines is 2. The first-order valence-corrected chi connectivity index (χ1v) is 11.1. The van der Waals surface area contributed by atoms with Crippen LogP contribution >= 0.6 is 15.9 Å². The Labute approximate surface area is 191 Å². The minimum atomic E-state index is -0.00610. The summed E-state index contributed by atoms with van der Waals surface area (Å²) in [7, 11) is 0. The van der Waals surface area contributed by atoms with Crippen molar-refractivity contribution in [3.05, 3.63) is 75.9 Å². The van der Waals surface area contributed by atoms with Crippen LogP contribution < -0.4 is 10.6 Å². The van der Waals surface area contributed by atoms with E-state index in [0.29, 0.717) is 30.0 Å². The lowest BCUT2D eigenvalue weighted by Crippen LogP contribution is -2.15. The van der Waals surface area contributed by atoms with Gasteiger partial charge in [0.1, 0.15) is 5.82 Å². The number of amides is 1. The van der Waals surface area contributed by atoms with Gasteiger partial charge < -0.3 is 10.6 Å². The first-order chi connectivity index (χ1) is 15.0. The quantitative estimate of drug-likeness (QED) is 0.392. The van der Waals surface area contributed by atoms with Crippen LogP contribution in [0.5, 0.6) is 0 Å². The number of carbonyl (C=O) groups excluding carboxylic acids is 1. The molecule has 0 fully saturated rings. The van der Waals surface area contributed by atoms with Crippen LogP contribution in [0.3, 0.4) is 0 Å². The van der Waals surface area contributed by atoms with Crippen molar-refractivity contribution < 1.29 is 4.79 Å². The second kappa shape index (κ2) is 10.7. The topological polar surface area (TPSA) is 77.8 Å². The van der Waals surface area contributed by atoms with E-state index < -0.39 is 0 Å². The Morgan fingerprint density at radius 2 is 1.90 bits per heavy atom. The Morgan fingerprint density at radius 1 is 1.16 bits per heavy atom. The van der Waals surface area contributed by atoms with E-state index in [0.717, 1.165) is 39.6 Å². The number of hydrogen-bond donors (Lipinski definition) is 2. The van der Waals surface area contributed by atoms with E-state index in [9.17, 15) is 10.1 Å². The first kappa shape index (κ1) is 22.5. The Balaban J connectivity index is 1.74. The van der Waals surface area contributed by atoms with Crippen molar-refractivity contribution in [2.75, 3.05) is 10.6 Å². The van der Waals surface area contributed by atoms with E-state index in [1.165, 1.54) is 0 Å². The molecule has 0 saturated heterocycles. The number of carbonyl (C=O) groups is 1. The molecule has 2 aromatic carbocycles. The molecule has 1 amide bonds. The van der Waals surface area contributed by atoms with Gasteiger partial charge in [0.2, 0.25) is 5.91 Å². The fraction of sp³-hybridized carbons (Fsp3) is 0.240. The van der Waals surface area contributed by atoms with Gasteiger partial charge in [0, 0.05) is 23.6 Å². The molecule has 3 aromatic rings. The summed E-state index contributed by atoms with van der Waals surface area (Å²) in [6, 6.07) is 17.9. The molecule has 0 aliphatic rings. The van der Waals surface area contributed by atoms with Crippen LogP contribution in [0.25, 0.3) is 11.1 Å². The van der Waals surface area contributed by atoms with Gasteiger partial charge in [0.25, 0.3) is 0 Å². The van der Waals surface area contributed by atoms with Crippen molar-refractivity contribution in [1.29, 1.82) is 5.26 Å². The largest absolute Gasteiger partial charge is 0.364 e. The summed E-state index contributed by atoms with van der Waals surface area (Å²) in [4.78, 5) is 16.7. The molecule has 0 aliphatic heterocycles. The normalized spacial score (nSPS) is 10.4. The number of nitrogens with zero attached hydrogens (tertiary/aromatic N) is 2. The molecule has 1 heterocycles. The Morgan fingerprint density at radius 3 is 2.61 bits per heavy atom. The summed E-state index contributed by atoms with van der Waals surface area (Å²) in [5.41, 5.74) is 5.30. The van der Waals surface area contributed by atoms with Crippen molar-refractivity contribution in [3.63, 3.8) is 0 Å². The maximum atomic E-state index is 12.3. The van der Waals surface area contributed by atoms with Crippen LogP contribution in [-0.2, 0) is 11.3 Å². The van der Waals surface area contributed by atoms with E-state index >= 15 is 0 Å². The summed E-state index contributed by atoms with van der Waals surface area (Å²) in [5.74, 6) is 0.637. The van der Waals surface area contributed by atoms with Crippen molar-refractivity contribution in [2.24, 2.45) is 0 Å². The van der Waals surface area contributed by atoms with Crippen molar-refractivity contribution >= 4 is 33.3 Å². The van der Waals surface area contributed by atoms with Gasteiger partial charge >= 0.3 is 0 Å². The smallest absolute Gasteiger partial charge is 0.224 e. The summed E-state index contributed by atoms with van der Waals surface area (Å²) < 4.78 is 0.851. The second-order valence-electron chi connectivity index (χ2n) is 7.31. The molecule has 0 bridgehead atoms. The minimum absolute atomic E-state index is 0.00610. The number of hydrogen-bond acceptors (Lipinski definition) is 4. The molecule has 0 spiro atoms. The number of benzene rings is 2. The van der Waals surface area contributed by atoms with Gasteiger partial charge in [-0.3, -0.25) is 4.79 Å². The lowest BCUT2D eigenvalue weighted by Gasteiger charge is -2.16. The lowest BCUT2D eigenvalue weighted by molar-refractivity contribution is -0.116. The van der Waals surface area contributed by atoms with Gasteiger partial charge in [-0.15, -0.1) is 0 Å². The van der Waals surface area contributed by atoms with E-state index in [-0.39, 0.29) is 5.91 Å². The zero-order valence-corrected chi connectivity index (χ0v) is 19.3. The maximum absolute atomic E-state index is 12.3. The summed E-state index contributed by atoms with van der Waals surface area (Å²) in [5, 5.41) is 15.7. The highest BCUT2D eigenvalue weighted by molar-refractivity contribution is 9.10. The van der Waals surface area contributed by atoms with Crippen molar-refractivity contribution in [3.8, 4) is 17.2 Å². The van der Waals surface area contributed by atoms with Gasteiger partial charge in [-0.05, 0) is 57.6 Å². The van der Waals surface area contributed by atoms with Crippen molar-refractivity contribution in [1.82, 2.24) is 4.98 Å². The predicted molar refractivity (Wildman–Crippen MR) is 129 cm³/mol. The van der Waals surface area contributed by atoms with Gasteiger partial charge in [-0.2, -0.15) is 5.26 Å². The third kappa shape index (κ3) is 5.71. The predicted octanol–water partition coefficient (Wildman–Crippen LogP) is 6.43. The van der Waals surface area contributed by atoms with Crippen LogP contribution in [-0.4, -0.2) is 10.9 Å². The number of halogens is 1. The van der Waals surface area contributed by atoms with Crippen LogP contribution in [0.15, 0.2) is 59.2 Å². The Hall–Kier alpha value is -3.17. The molecule has 0 aliphatic carbocycles. The molecule has 5 nitrogen and oxygen atoms in total. The van der Waals surface area contributed by atoms with Crippen LogP contribution in [0, 0.1) is 18.3 Å². The number of aromatic nitrogens is 1. The maximum Gasteiger partial charge on any atom is 0.224 e. The molecule has 0 saturated carbocycles. The van der Waals surface area contributed by atoms with E-state index in [2.05, 4.69) is 44.5 Å². The average molecular weight is 477 g/mol.